The molecule has 1 aromatic heterocycles. The van der Waals surface area contributed by atoms with Crippen LogP contribution >= 0.6 is 11.3 Å². The van der Waals surface area contributed by atoms with Crippen molar-refractivity contribution in [3.8, 4) is 5.75 Å². The first-order chi connectivity index (χ1) is 14.5. The van der Waals surface area contributed by atoms with Crippen molar-refractivity contribution in [2.45, 2.75) is 32.2 Å². The molecule has 0 atom stereocenters. The average Bonchev–Trinajstić information content (AvgIpc) is 3.33. The van der Waals surface area contributed by atoms with Gasteiger partial charge in [0.1, 0.15) is 5.75 Å². The third-order valence-corrected chi connectivity index (χ3v) is 6.91. The van der Waals surface area contributed by atoms with Crippen molar-refractivity contribution in [3.05, 3.63) is 58.6 Å². The fraction of sp³-hybridized carbons (Fsp3) is 0.435. The average molecular weight is 427 g/mol. The van der Waals surface area contributed by atoms with Crippen molar-refractivity contribution in [1.29, 1.82) is 0 Å². The van der Waals surface area contributed by atoms with Gasteiger partial charge in [0.15, 0.2) is 0 Å². The molecule has 3 heterocycles. The van der Waals surface area contributed by atoms with E-state index in [0.29, 0.717) is 18.7 Å². The highest BCUT2D eigenvalue weighted by atomic mass is 32.1. The molecule has 1 aromatic carbocycles. The standard InChI is InChI=1S/C23H28N3O3S/c24-22(28)29-20-5-3-18(4-6-20)15-26-17-23(14-21(26)27)8-11-25(12-9-23)10-1-2-19-7-13-30-16-19/h2-7,13,16H,1,8-12,14-15,17H2,(H2,24,28). The van der Waals surface area contributed by atoms with Crippen LogP contribution in [0, 0.1) is 11.8 Å². The van der Waals surface area contributed by atoms with Crippen LogP contribution in [0.25, 0.3) is 0 Å². The molecule has 1 radical (unpaired) electrons. The van der Waals surface area contributed by atoms with Crippen molar-refractivity contribution >= 4 is 23.3 Å². The van der Waals surface area contributed by atoms with Gasteiger partial charge in [-0.2, -0.15) is 11.3 Å². The second kappa shape index (κ2) is 9.18. The molecule has 2 fully saturated rings. The number of primary amides is 1. The molecule has 4 rings (SSSR count). The van der Waals surface area contributed by atoms with E-state index in [1.54, 1.807) is 23.5 Å². The minimum Gasteiger partial charge on any atom is -0.411 e. The van der Waals surface area contributed by atoms with Gasteiger partial charge in [-0.05, 0) is 90.8 Å². The number of benzene rings is 1. The van der Waals surface area contributed by atoms with Gasteiger partial charge >= 0.3 is 6.09 Å². The van der Waals surface area contributed by atoms with Gasteiger partial charge in [-0.1, -0.05) is 12.1 Å². The number of amides is 2. The van der Waals surface area contributed by atoms with Crippen LogP contribution < -0.4 is 10.5 Å². The monoisotopic (exact) mass is 426 g/mol. The Balaban J connectivity index is 1.24. The molecule has 1 spiro atoms. The highest BCUT2D eigenvalue weighted by Gasteiger charge is 2.44. The topological polar surface area (TPSA) is 75.9 Å². The molecule has 0 aliphatic carbocycles. The Morgan fingerprint density at radius 2 is 1.97 bits per heavy atom. The van der Waals surface area contributed by atoms with E-state index >= 15 is 0 Å². The second-order valence-electron chi connectivity index (χ2n) is 8.38. The van der Waals surface area contributed by atoms with E-state index in [0.717, 1.165) is 51.0 Å². The normalized spacial score (nSPS) is 18.8. The maximum Gasteiger partial charge on any atom is 0.409 e. The quantitative estimate of drug-likeness (QED) is 0.733. The molecule has 2 amide bonds. The molecule has 0 unspecified atom stereocenters. The van der Waals surface area contributed by atoms with Gasteiger partial charge in [0.25, 0.3) is 0 Å². The molecular formula is C23H28N3O3S. The van der Waals surface area contributed by atoms with E-state index < -0.39 is 6.09 Å². The highest BCUT2D eigenvalue weighted by molar-refractivity contribution is 7.08. The van der Waals surface area contributed by atoms with Crippen molar-refractivity contribution in [2.75, 3.05) is 26.2 Å². The molecule has 2 N–H and O–H groups in total. The van der Waals surface area contributed by atoms with Crippen molar-refractivity contribution in [3.63, 3.8) is 0 Å². The van der Waals surface area contributed by atoms with Crippen LogP contribution in [0.2, 0.25) is 0 Å². The molecule has 2 aliphatic rings. The van der Waals surface area contributed by atoms with Crippen LogP contribution in [0.3, 0.4) is 0 Å². The summed E-state index contributed by atoms with van der Waals surface area (Å²) in [5.41, 5.74) is 7.50. The Morgan fingerprint density at radius 1 is 1.20 bits per heavy atom. The Labute approximate surface area is 181 Å². The zero-order valence-corrected chi connectivity index (χ0v) is 17.9. The predicted octanol–water partition coefficient (Wildman–Crippen LogP) is 3.66. The van der Waals surface area contributed by atoms with Gasteiger partial charge in [0.2, 0.25) is 5.91 Å². The predicted molar refractivity (Wildman–Crippen MR) is 117 cm³/mol. The summed E-state index contributed by atoms with van der Waals surface area (Å²) in [7, 11) is 0. The lowest BCUT2D eigenvalue weighted by Gasteiger charge is -2.38. The summed E-state index contributed by atoms with van der Waals surface area (Å²) < 4.78 is 4.86. The van der Waals surface area contributed by atoms with Gasteiger partial charge in [0.05, 0.1) is 0 Å². The number of hydrogen-bond donors (Lipinski definition) is 1. The number of carbonyl (C=O) groups is 2. The minimum absolute atomic E-state index is 0.125. The van der Waals surface area contributed by atoms with E-state index in [4.69, 9.17) is 10.5 Å². The molecular weight excluding hydrogens is 398 g/mol. The number of ether oxygens (including phenoxy) is 1. The fourth-order valence-electron chi connectivity index (χ4n) is 4.52. The summed E-state index contributed by atoms with van der Waals surface area (Å²) >= 11 is 1.74. The summed E-state index contributed by atoms with van der Waals surface area (Å²) in [4.78, 5) is 28.0. The van der Waals surface area contributed by atoms with Crippen LogP contribution in [-0.2, 0) is 11.3 Å². The molecule has 0 bridgehead atoms. The SMILES string of the molecule is NC(=O)Oc1ccc(CN2CC3(CCN(CC[CH]c4ccsc4)CC3)CC2=O)cc1. The summed E-state index contributed by atoms with van der Waals surface area (Å²) in [6.45, 7) is 4.65. The minimum atomic E-state index is -0.824. The first kappa shape index (κ1) is 20.9. The first-order valence-electron chi connectivity index (χ1n) is 10.4. The Hall–Kier alpha value is -2.38. The second-order valence-corrected chi connectivity index (χ2v) is 9.16. The van der Waals surface area contributed by atoms with E-state index in [-0.39, 0.29) is 11.3 Å². The van der Waals surface area contributed by atoms with Gasteiger partial charge in [-0.3, -0.25) is 4.79 Å². The van der Waals surface area contributed by atoms with Crippen molar-refractivity contribution in [1.82, 2.24) is 9.80 Å². The molecule has 2 saturated heterocycles. The van der Waals surface area contributed by atoms with Crippen LogP contribution in [0.15, 0.2) is 41.1 Å². The van der Waals surface area contributed by atoms with E-state index in [1.165, 1.54) is 5.56 Å². The van der Waals surface area contributed by atoms with Crippen LogP contribution in [-0.4, -0.2) is 48.0 Å². The van der Waals surface area contributed by atoms with Crippen LogP contribution in [0.5, 0.6) is 5.75 Å². The third kappa shape index (κ3) is 5.21. The Morgan fingerprint density at radius 3 is 2.63 bits per heavy atom. The Bertz CT molecular complexity index is 858. The van der Waals surface area contributed by atoms with Gasteiger partial charge in [-0.15, -0.1) is 0 Å². The molecule has 0 saturated carbocycles. The number of carbonyl (C=O) groups excluding carboxylic acids is 2. The maximum atomic E-state index is 12.7. The Kier molecular flexibility index (Phi) is 6.39. The maximum absolute atomic E-state index is 12.7. The molecule has 6 nitrogen and oxygen atoms in total. The first-order valence-corrected chi connectivity index (χ1v) is 11.4. The van der Waals surface area contributed by atoms with Crippen molar-refractivity contribution in [2.24, 2.45) is 11.1 Å². The number of rotatable bonds is 7. The van der Waals surface area contributed by atoms with Crippen LogP contribution in [0.1, 0.15) is 36.8 Å². The van der Waals surface area contributed by atoms with E-state index in [2.05, 4.69) is 28.1 Å². The summed E-state index contributed by atoms with van der Waals surface area (Å²) in [6.07, 6.45) is 5.38. The number of hydrogen-bond acceptors (Lipinski definition) is 5. The number of likely N-dealkylation sites (tertiary alicyclic amines) is 2. The molecule has 2 aliphatic heterocycles. The lowest BCUT2D eigenvalue weighted by atomic mass is 9.77. The number of piperidine rings is 1. The summed E-state index contributed by atoms with van der Waals surface area (Å²) in [5.74, 6) is 0.658. The fourth-order valence-corrected chi connectivity index (χ4v) is 5.16. The smallest absolute Gasteiger partial charge is 0.409 e. The lowest BCUT2D eigenvalue weighted by molar-refractivity contribution is -0.128. The molecule has 159 valence electrons. The van der Waals surface area contributed by atoms with Gasteiger partial charge in [-0.25, -0.2) is 4.79 Å². The third-order valence-electron chi connectivity index (χ3n) is 6.21. The zero-order valence-electron chi connectivity index (χ0n) is 17.1. The lowest BCUT2D eigenvalue weighted by Crippen LogP contribution is -2.41. The molecule has 7 heteroatoms. The van der Waals surface area contributed by atoms with E-state index in [9.17, 15) is 9.59 Å². The number of nitrogens with two attached hydrogens (primary N) is 1. The molecule has 2 aromatic rings. The van der Waals surface area contributed by atoms with Gasteiger partial charge in [0, 0.05) is 19.5 Å². The zero-order chi connectivity index (χ0) is 21.0. The van der Waals surface area contributed by atoms with Crippen LogP contribution in [0.4, 0.5) is 4.79 Å². The molecule has 30 heavy (non-hydrogen) atoms. The summed E-state index contributed by atoms with van der Waals surface area (Å²) in [5, 5.41) is 4.30. The van der Waals surface area contributed by atoms with Crippen molar-refractivity contribution < 1.29 is 14.3 Å². The highest BCUT2D eigenvalue weighted by Crippen LogP contribution is 2.41. The largest absolute Gasteiger partial charge is 0.411 e. The number of thiophene rings is 1. The van der Waals surface area contributed by atoms with E-state index in [1.807, 2.05) is 17.0 Å². The number of nitrogens with zero attached hydrogens (tertiary/aromatic N) is 2. The van der Waals surface area contributed by atoms with Gasteiger partial charge < -0.3 is 20.3 Å². The summed E-state index contributed by atoms with van der Waals surface area (Å²) in [6, 6.07) is 9.34.